The maximum atomic E-state index is 13.1. The van der Waals surface area contributed by atoms with Crippen LogP contribution in [0.2, 0.25) is 0 Å². The molecule has 110 valence electrons. The van der Waals surface area contributed by atoms with Crippen LogP contribution >= 0.6 is 11.5 Å². The molecule has 1 aromatic heterocycles. The van der Waals surface area contributed by atoms with Crippen LogP contribution in [-0.2, 0) is 6.54 Å². The summed E-state index contributed by atoms with van der Waals surface area (Å²) in [7, 11) is 0. The Morgan fingerprint density at radius 2 is 2.29 bits per heavy atom. The van der Waals surface area contributed by atoms with E-state index in [0.29, 0.717) is 17.1 Å². The Bertz CT molecular complexity index is 669. The molecule has 3 rings (SSSR count). The number of halogens is 1. The predicted octanol–water partition coefficient (Wildman–Crippen LogP) is 2.37. The molecule has 1 heterocycles. The summed E-state index contributed by atoms with van der Waals surface area (Å²) in [5, 5.41) is 6.60. The van der Waals surface area contributed by atoms with Gasteiger partial charge in [0.25, 0.3) is 5.91 Å². The van der Waals surface area contributed by atoms with E-state index >= 15 is 0 Å². The van der Waals surface area contributed by atoms with Crippen molar-refractivity contribution in [3.63, 3.8) is 0 Å². The quantitative estimate of drug-likeness (QED) is 0.792. The van der Waals surface area contributed by atoms with Gasteiger partial charge in [-0.15, -0.1) is 0 Å². The minimum absolute atomic E-state index is 0.203. The van der Waals surface area contributed by atoms with Crippen molar-refractivity contribution in [2.45, 2.75) is 25.4 Å². The number of nitrogens with zero attached hydrogens (tertiary/aromatic N) is 1. The fraction of sp³-hybridized carbons (Fsp3) is 0.286. The van der Waals surface area contributed by atoms with Crippen LogP contribution < -0.4 is 16.4 Å². The average molecular weight is 306 g/mol. The molecule has 0 atom stereocenters. The first-order valence-electron chi connectivity index (χ1n) is 6.68. The topological polar surface area (TPSA) is 80.0 Å². The van der Waals surface area contributed by atoms with Crippen molar-refractivity contribution < 1.29 is 9.18 Å². The van der Waals surface area contributed by atoms with E-state index in [9.17, 15) is 9.18 Å². The van der Waals surface area contributed by atoms with E-state index in [2.05, 4.69) is 15.0 Å². The smallest absolute Gasteiger partial charge is 0.258 e. The van der Waals surface area contributed by atoms with Gasteiger partial charge in [-0.3, -0.25) is 4.79 Å². The number of nitrogens with one attached hydrogen (secondary N) is 2. The fourth-order valence-corrected chi connectivity index (χ4v) is 2.66. The van der Waals surface area contributed by atoms with Gasteiger partial charge < -0.3 is 16.4 Å². The lowest BCUT2D eigenvalue weighted by atomic mass is 10.2. The second kappa shape index (κ2) is 5.69. The second-order valence-electron chi connectivity index (χ2n) is 5.00. The number of anilines is 2. The molecule has 1 fully saturated rings. The van der Waals surface area contributed by atoms with Crippen LogP contribution in [0.3, 0.4) is 0 Å². The molecule has 0 spiro atoms. The van der Waals surface area contributed by atoms with Gasteiger partial charge in [-0.2, -0.15) is 4.37 Å². The molecule has 1 aromatic carbocycles. The minimum atomic E-state index is -0.287. The van der Waals surface area contributed by atoms with Gasteiger partial charge in [0, 0.05) is 12.6 Å². The Morgan fingerprint density at radius 3 is 3.00 bits per heavy atom. The standard InChI is InChI=1S/C14H15FN4OS/c15-9-3-1-2-8(6-9)7-17-14-11(12(16)19-21-14)13(20)18-10-4-5-10/h1-3,6,10,17H,4-5,7H2,(H2,16,19)(H,18,20). The molecule has 1 saturated carbocycles. The van der Waals surface area contributed by atoms with Crippen LogP contribution in [0.25, 0.3) is 0 Å². The number of carbonyl (C=O) groups is 1. The van der Waals surface area contributed by atoms with Crippen molar-refractivity contribution in [3.05, 3.63) is 41.2 Å². The molecular weight excluding hydrogens is 291 g/mol. The normalized spacial score (nSPS) is 14.0. The first-order chi connectivity index (χ1) is 10.1. The number of hydrogen-bond acceptors (Lipinski definition) is 5. The zero-order valence-corrected chi connectivity index (χ0v) is 12.0. The highest BCUT2D eigenvalue weighted by Gasteiger charge is 2.27. The van der Waals surface area contributed by atoms with E-state index in [1.807, 2.05) is 6.07 Å². The van der Waals surface area contributed by atoms with Crippen LogP contribution in [-0.4, -0.2) is 16.3 Å². The number of nitrogens with two attached hydrogens (primary N) is 1. The van der Waals surface area contributed by atoms with E-state index in [-0.39, 0.29) is 23.6 Å². The van der Waals surface area contributed by atoms with E-state index in [1.165, 1.54) is 12.1 Å². The molecule has 0 bridgehead atoms. The summed E-state index contributed by atoms with van der Waals surface area (Å²) in [6, 6.07) is 6.55. The van der Waals surface area contributed by atoms with Crippen LogP contribution in [0, 0.1) is 5.82 Å². The largest absolute Gasteiger partial charge is 0.382 e. The summed E-state index contributed by atoms with van der Waals surface area (Å²) < 4.78 is 17.2. The van der Waals surface area contributed by atoms with Gasteiger partial charge in [-0.1, -0.05) is 12.1 Å². The number of hydrogen-bond donors (Lipinski definition) is 3. The van der Waals surface area contributed by atoms with Gasteiger partial charge in [0.2, 0.25) is 0 Å². The first kappa shape index (κ1) is 13.8. The zero-order chi connectivity index (χ0) is 14.8. The molecule has 1 amide bonds. The average Bonchev–Trinajstić information content (AvgIpc) is 3.18. The molecule has 0 unspecified atom stereocenters. The highest BCUT2D eigenvalue weighted by Crippen LogP contribution is 2.28. The summed E-state index contributed by atoms with van der Waals surface area (Å²) in [6.07, 6.45) is 2.02. The summed E-state index contributed by atoms with van der Waals surface area (Å²) in [5.41, 5.74) is 6.94. The maximum absolute atomic E-state index is 13.1. The van der Waals surface area contributed by atoms with Crippen LogP contribution in [0.4, 0.5) is 15.2 Å². The van der Waals surface area contributed by atoms with Crippen molar-refractivity contribution in [1.82, 2.24) is 9.69 Å². The van der Waals surface area contributed by atoms with E-state index in [0.717, 1.165) is 29.9 Å². The van der Waals surface area contributed by atoms with Gasteiger partial charge >= 0.3 is 0 Å². The fourth-order valence-electron chi connectivity index (χ4n) is 1.96. The Labute approximate surface area is 125 Å². The molecular formula is C14H15FN4OS. The van der Waals surface area contributed by atoms with Crippen LogP contribution in [0.5, 0.6) is 0 Å². The number of carbonyl (C=O) groups excluding carboxylic acids is 1. The number of aromatic nitrogens is 1. The molecule has 21 heavy (non-hydrogen) atoms. The summed E-state index contributed by atoms with van der Waals surface area (Å²) in [5.74, 6) is -0.268. The molecule has 1 aliphatic rings. The van der Waals surface area contributed by atoms with Gasteiger partial charge in [-0.25, -0.2) is 4.39 Å². The van der Waals surface area contributed by atoms with Crippen LogP contribution in [0.15, 0.2) is 24.3 Å². The molecule has 0 saturated heterocycles. The molecule has 5 nitrogen and oxygen atoms in total. The number of nitrogen functional groups attached to an aromatic ring is 1. The van der Waals surface area contributed by atoms with Crippen molar-refractivity contribution in [2.24, 2.45) is 0 Å². The highest BCUT2D eigenvalue weighted by molar-refractivity contribution is 7.11. The third kappa shape index (κ3) is 3.30. The van der Waals surface area contributed by atoms with Gasteiger partial charge in [0.15, 0.2) is 5.82 Å². The Kier molecular flexibility index (Phi) is 3.74. The predicted molar refractivity (Wildman–Crippen MR) is 80.7 cm³/mol. The highest BCUT2D eigenvalue weighted by atomic mass is 32.1. The summed E-state index contributed by atoms with van der Waals surface area (Å²) >= 11 is 1.13. The van der Waals surface area contributed by atoms with Gasteiger partial charge in [0.1, 0.15) is 16.4 Å². The van der Waals surface area contributed by atoms with Crippen molar-refractivity contribution >= 4 is 28.3 Å². The SMILES string of the molecule is Nc1nsc(NCc2cccc(F)c2)c1C(=O)NC1CC1. The van der Waals surface area contributed by atoms with Crippen molar-refractivity contribution in [3.8, 4) is 0 Å². The lowest BCUT2D eigenvalue weighted by Gasteiger charge is -2.08. The Morgan fingerprint density at radius 1 is 1.48 bits per heavy atom. The van der Waals surface area contributed by atoms with E-state index in [4.69, 9.17) is 5.73 Å². The maximum Gasteiger partial charge on any atom is 0.258 e. The zero-order valence-electron chi connectivity index (χ0n) is 11.2. The molecule has 0 radical (unpaired) electrons. The third-order valence-corrected chi connectivity index (χ3v) is 4.02. The number of rotatable bonds is 5. The van der Waals surface area contributed by atoms with Crippen LogP contribution in [0.1, 0.15) is 28.8 Å². The summed E-state index contributed by atoms with van der Waals surface area (Å²) in [6.45, 7) is 0.406. The number of amides is 1. The minimum Gasteiger partial charge on any atom is -0.382 e. The summed E-state index contributed by atoms with van der Waals surface area (Å²) in [4.78, 5) is 12.1. The lowest BCUT2D eigenvalue weighted by Crippen LogP contribution is -2.26. The first-order valence-corrected chi connectivity index (χ1v) is 7.45. The van der Waals surface area contributed by atoms with E-state index in [1.54, 1.807) is 6.07 Å². The van der Waals surface area contributed by atoms with E-state index < -0.39 is 0 Å². The molecule has 1 aliphatic carbocycles. The molecule has 7 heteroatoms. The van der Waals surface area contributed by atoms with Gasteiger partial charge in [0.05, 0.1) is 0 Å². The van der Waals surface area contributed by atoms with Crippen molar-refractivity contribution in [2.75, 3.05) is 11.1 Å². The lowest BCUT2D eigenvalue weighted by molar-refractivity contribution is 0.0953. The Hall–Kier alpha value is -2.15. The third-order valence-electron chi connectivity index (χ3n) is 3.20. The molecule has 4 N–H and O–H groups in total. The van der Waals surface area contributed by atoms with Crippen molar-refractivity contribution in [1.29, 1.82) is 0 Å². The second-order valence-corrected chi connectivity index (χ2v) is 5.78. The number of benzene rings is 1. The molecule has 2 aromatic rings. The monoisotopic (exact) mass is 306 g/mol. The Balaban J connectivity index is 1.71. The van der Waals surface area contributed by atoms with Gasteiger partial charge in [-0.05, 0) is 42.1 Å². The molecule has 0 aliphatic heterocycles.